The van der Waals surface area contributed by atoms with Crippen molar-refractivity contribution in [2.45, 2.75) is 13.8 Å². The number of carbonyl (C=O) groups excluding carboxylic acids is 2. The monoisotopic (exact) mass is 310 g/mol. The van der Waals surface area contributed by atoms with E-state index in [2.05, 4.69) is 4.74 Å². The highest BCUT2D eigenvalue weighted by molar-refractivity contribution is 6.14. The Morgan fingerprint density at radius 3 is 1.77 bits per heavy atom. The summed E-state index contributed by atoms with van der Waals surface area (Å²) in [6.45, 7) is 2.91. The lowest BCUT2D eigenvalue weighted by atomic mass is 9.95. The zero-order valence-electron chi connectivity index (χ0n) is 11.9. The van der Waals surface area contributed by atoms with Crippen molar-refractivity contribution in [1.29, 1.82) is 0 Å². The van der Waals surface area contributed by atoms with Gasteiger partial charge in [-0.05, 0) is 26.0 Å². The number of aromatic carboxylic acids is 2. The number of carboxylic acids is 2. The molecule has 0 saturated carbocycles. The minimum Gasteiger partial charge on any atom is -0.478 e. The van der Waals surface area contributed by atoms with Crippen LogP contribution in [0.25, 0.3) is 0 Å². The van der Waals surface area contributed by atoms with Gasteiger partial charge in [-0.1, -0.05) is 0 Å². The van der Waals surface area contributed by atoms with Gasteiger partial charge in [-0.2, -0.15) is 0 Å². The zero-order chi connectivity index (χ0) is 16.9. The summed E-state index contributed by atoms with van der Waals surface area (Å²) in [5, 5.41) is 18.4. The molecule has 1 aromatic rings. The molecule has 0 bridgehead atoms. The van der Waals surface area contributed by atoms with Crippen LogP contribution >= 0.6 is 0 Å². The number of hydrogen-bond donors (Lipinski definition) is 2. The second kappa shape index (κ2) is 7.21. The summed E-state index contributed by atoms with van der Waals surface area (Å²) >= 11 is 0. The lowest BCUT2D eigenvalue weighted by Gasteiger charge is -2.12. The molecule has 8 heteroatoms. The van der Waals surface area contributed by atoms with Crippen LogP contribution in [-0.2, 0) is 9.47 Å². The molecule has 1 rings (SSSR count). The van der Waals surface area contributed by atoms with E-state index in [0.717, 1.165) is 12.1 Å². The number of carboxylic acid groups (broad SMARTS) is 2. The largest absolute Gasteiger partial charge is 0.478 e. The van der Waals surface area contributed by atoms with Gasteiger partial charge in [-0.15, -0.1) is 0 Å². The number of hydrogen-bond acceptors (Lipinski definition) is 6. The molecule has 1 aromatic carbocycles. The second-order valence-electron chi connectivity index (χ2n) is 3.96. The number of carbonyl (C=O) groups is 4. The molecule has 0 aliphatic rings. The molecule has 0 atom stereocenters. The average molecular weight is 310 g/mol. The predicted molar refractivity (Wildman–Crippen MR) is 72.3 cm³/mol. The van der Waals surface area contributed by atoms with Crippen LogP contribution in [0.5, 0.6) is 0 Å². The summed E-state index contributed by atoms with van der Waals surface area (Å²) in [5.41, 5.74) is -2.42. The third-order valence-corrected chi connectivity index (χ3v) is 2.62. The first-order valence-electron chi connectivity index (χ1n) is 6.32. The number of rotatable bonds is 6. The number of ether oxygens (including phenoxy) is 2. The highest BCUT2D eigenvalue weighted by Crippen LogP contribution is 2.22. The molecular formula is C14H14O8. The van der Waals surface area contributed by atoms with Crippen LogP contribution in [0.4, 0.5) is 0 Å². The lowest BCUT2D eigenvalue weighted by Crippen LogP contribution is -2.21. The molecule has 0 heterocycles. The Morgan fingerprint density at radius 1 is 0.818 bits per heavy atom. The minimum atomic E-state index is -1.63. The maximum Gasteiger partial charge on any atom is 0.339 e. The van der Waals surface area contributed by atoms with Crippen molar-refractivity contribution < 1.29 is 38.9 Å². The summed E-state index contributed by atoms with van der Waals surface area (Å²) in [5.74, 6) is -5.25. The molecule has 0 amide bonds. The van der Waals surface area contributed by atoms with E-state index in [4.69, 9.17) is 9.84 Å². The molecular weight excluding hydrogens is 296 g/mol. The molecule has 0 spiro atoms. The van der Waals surface area contributed by atoms with E-state index in [0.29, 0.717) is 0 Å². The molecule has 118 valence electrons. The Balaban J connectivity index is 3.68. The molecule has 0 unspecified atom stereocenters. The fourth-order valence-corrected chi connectivity index (χ4v) is 1.80. The molecule has 0 aliphatic carbocycles. The fraction of sp³-hybridized carbons (Fsp3) is 0.286. The Labute approximate surface area is 125 Å². The molecule has 2 N–H and O–H groups in total. The topological polar surface area (TPSA) is 127 Å². The van der Waals surface area contributed by atoms with Gasteiger partial charge in [-0.3, -0.25) is 0 Å². The minimum absolute atomic E-state index is 0.00663. The van der Waals surface area contributed by atoms with Gasteiger partial charge in [0.15, 0.2) is 0 Å². The molecule has 0 saturated heterocycles. The third kappa shape index (κ3) is 3.40. The number of esters is 2. The first-order chi connectivity index (χ1) is 10.3. The Bertz CT molecular complexity index is 632. The summed E-state index contributed by atoms with van der Waals surface area (Å²) in [4.78, 5) is 46.3. The molecule has 0 aliphatic heterocycles. The van der Waals surface area contributed by atoms with E-state index in [-0.39, 0.29) is 13.2 Å². The Hall–Kier alpha value is -2.90. The Morgan fingerprint density at radius 2 is 1.32 bits per heavy atom. The van der Waals surface area contributed by atoms with Gasteiger partial charge in [-0.25, -0.2) is 19.2 Å². The quantitative estimate of drug-likeness (QED) is 0.755. The lowest BCUT2D eigenvalue weighted by molar-refractivity contribution is 0.0494. The summed E-state index contributed by atoms with van der Waals surface area (Å²) in [7, 11) is 0. The fourth-order valence-electron chi connectivity index (χ4n) is 1.80. The van der Waals surface area contributed by atoms with Crippen molar-refractivity contribution in [3.05, 3.63) is 34.4 Å². The van der Waals surface area contributed by atoms with Crippen LogP contribution in [0.1, 0.15) is 55.3 Å². The first-order valence-corrected chi connectivity index (χ1v) is 6.32. The smallest absolute Gasteiger partial charge is 0.339 e. The van der Waals surface area contributed by atoms with E-state index < -0.39 is 46.1 Å². The standard InChI is InChI=1S/C14H14O8/c1-3-21-13(19)8-6-5-7(11(15)16)10(9(8)12(17)18)14(20)22-4-2/h5-6H,3-4H2,1-2H3,(H,15,16)(H,17,18). The maximum atomic E-state index is 11.9. The molecule has 8 nitrogen and oxygen atoms in total. The molecule has 22 heavy (non-hydrogen) atoms. The van der Waals surface area contributed by atoms with Crippen molar-refractivity contribution in [2.24, 2.45) is 0 Å². The van der Waals surface area contributed by atoms with Crippen LogP contribution in [-0.4, -0.2) is 47.3 Å². The van der Waals surface area contributed by atoms with Crippen molar-refractivity contribution in [3.8, 4) is 0 Å². The first kappa shape index (κ1) is 17.2. The maximum absolute atomic E-state index is 11.9. The van der Waals surface area contributed by atoms with Crippen LogP contribution in [0.3, 0.4) is 0 Å². The van der Waals surface area contributed by atoms with Gasteiger partial charge >= 0.3 is 23.9 Å². The van der Waals surface area contributed by atoms with Crippen molar-refractivity contribution in [1.82, 2.24) is 0 Å². The van der Waals surface area contributed by atoms with E-state index in [1.54, 1.807) is 0 Å². The summed E-state index contributed by atoms with van der Waals surface area (Å²) in [6.07, 6.45) is 0. The van der Waals surface area contributed by atoms with Crippen LogP contribution in [0, 0.1) is 0 Å². The molecule has 0 radical (unpaired) electrons. The van der Waals surface area contributed by atoms with Gasteiger partial charge < -0.3 is 19.7 Å². The van der Waals surface area contributed by atoms with Gasteiger partial charge in [0, 0.05) is 0 Å². The van der Waals surface area contributed by atoms with E-state index >= 15 is 0 Å². The van der Waals surface area contributed by atoms with Crippen LogP contribution < -0.4 is 0 Å². The zero-order valence-corrected chi connectivity index (χ0v) is 11.9. The van der Waals surface area contributed by atoms with Crippen molar-refractivity contribution in [2.75, 3.05) is 13.2 Å². The highest BCUT2D eigenvalue weighted by atomic mass is 16.5. The van der Waals surface area contributed by atoms with E-state index in [1.807, 2.05) is 0 Å². The number of benzene rings is 1. The van der Waals surface area contributed by atoms with Crippen LogP contribution in [0.15, 0.2) is 12.1 Å². The van der Waals surface area contributed by atoms with Gasteiger partial charge in [0.25, 0.3) is 0 Å². The molecule has 0 aromatic heterocycles. The predicted octanol–water partition coefficient (Wildman–Crippen LogP) is 1.44. The average Bonchev–Trinajstić information content (AvgIpc) is 2.45. The van der Waals surface area contributed by atoms with E-state index in [1.165, 1.54) is 13.8 Å². The van der Waals surface area contributed by atoms with Gasteiger partial charge in [0.2, 0.25) is 0 Å². The highest BCUT2D eigenvalue weighted by Gasteiger charge is 2.30. The summed E-state index contributed by atoms with van der Waals surface area (Å²) in [6, 6.07) is 1.96. The van der Waals surface area contributed by atoms with Crippen molar-refractivity contribution in [3.63, 3.8) is 0 Å². The second-order valence-corrected chi connectivity index (χ2v) is 3.96. The van der Waals surface area contributed by atoms with Gasteiger partial charge in [0.05, 0.1) is 35.5 Å². The SMILES string of the molecule is CCOC(=O)c1ccc(C(=O)O)c(C(=O)OCC)c1C(=O)O. The van der Waals surface area contributed by atoms with Crippen LogP contribution in [0.2, 0.25) is 0 Å². The molecule has 0 fully saturated rings. The normalized spacial score (nSPS) is 9.91. The summed E-state index contributed by atoms with van der Waals surface area (Å²) < 4.78 is 9.40. The third-order valence-electron chi connectivity index (χ3n) is 2.62. The Kier molecular flexibility index (Phi) is 5.62. The van der Waals surface area contributed by atoms with Gasteiger partial charge in [0.1, 0.15) is 0 Å². The van der Waals surface area contributed by atoms with E-state index in [9.17, 15) is 24.3 Å². The van der Waals surface area contributed by atoms with Crippen molar-refractivity contribution >= 4 is 23.9 Å².